The molecule has 1 aliphatic rings. The summed E-state index contributed by atoms with van der Waals surface area (Å²) in [5.74, 6) is -0.735. The van der Waals surface area contributed by atoms with E-state index in [1.54, 1.807) is 0 Å². The molecule has 1 aromatic heterocycles. The van der Waals surface area contributed by atoms with E-state index >= 15 is 0 Å². The molecule has 29 heavy (non-hydrogen) atoms. The van der Waals surface area contributed by atoms with Gasteiger partial charge in [-0.25, -0.2) is 0 Å². The number of aliphatic carboxylic acids is 1. The lowest BCUT2D eigenvalue weighted by molar-refractivity contribution is -0.139. The van der Waals surface area contributed by atoms with Crippen LogP contribution in [-0.4, -0.2) is 62.9 Å². The number of aromatic nitrogens is 2. The average Bonchev–Trinajstić information content (AvgIpc) is 2.96. The zero-order valence-corrected chi connectivity index (χ0v) is 18.2. The Balaban J connectivity index is 1.60. The molecule has 1 aromatic carbocycles. The fourth-order valence-electron chi connectivity index (χ4n) is 4.32. The van der Waals surface area contributed by atoms with Gasteiger partial charge in [-0.1, -0.05) is 36.8 Å². The summed E-state index contributed by atoms with van der Waals surface area (Å²) in [6, 6.07) is 9.02. The molecule has 0 spiro atoms. The predicted octanol–water partition coefficient (Wildman–Crippen LogP) is 3.23. The highest BCUT2D eigenvalue weighted by atomic mass is 16.4. The molecule has 3 rings (SSSR count). The average molecular weight is 399 g/mol. The van der Waals surface area contributed by atoms with Gasteiger partial charge in [0.15, 0.2) is 0 Å². The predicted molar refractivity (Wildman–Crippen MR) is 115 cm³/mol. The van der Waals surface area contributed by atoms with E-state index in [4.69, 9.17) is 10.2 Å². The number of nitrogens with zero attached hydrogens (tertiary/aromatic N) is 4. The quantitative estimate of drug-likeness (QED) is 0.740. The number of piperidine rings is 1. The van der Waals surface area contributed by atoms with Gasteiger partial charge >= 0.3 is 5.97 Å². The molecule has 158 valence electrons. The number of rotatable bonds is 8. The first-order valence-corrected chi connectivity index (χ1v) is 10.6. The second kappa shape index (κ2) is 9.55. The first-order chi connectivity index (χ1) is 13.9. The smallest absolute Gasteiger partial charge is 0.317 e. The van der Waals surface area contributed by atoms with E-state index in [0.717, 1.165) is 51.3 Å². The summed E-state index contributed by atoms with van der Waals surface area (Å²) < 4.78 is 2.12. The largest absolute Gasteiger partial charge is 0.480 e. The summed E-state index contributed by atoms with van der Waals surface area (Å²) in [6.45, 7) is 13.1. The van der Waals surface area contributed by atoms with Crippen LogP contribution in [0.25, 0.3) is 0 Å². The number of benzene rings is 1. The van der Waals surface area contributed by atoms with Crippen molar-refractivity contribution in [1.82, 2.24) is 19.6 Å². The van der Waals surface area contributed by atoms with Crippen LogP contribution in [0.2, 0.25) is 0 Å². The van der Waals surface area contributed by atoms with Crippen molar-refractivity contribution >= 4 is 5.97 Å². The maximum Gasteiger partial charge on any atom is 0.317 e. The summed E-state index contributed by atoms with van der Waals surface area (Å²) in [5, 5.41) is 13.9. The second-order valence-electron chi connectivity index (χ2n) is 8.26. The molecule has 0 aliphatic carbocycles. The normalized spacial score (nSPS) is 15.9. The van der Waals surface area contributed by atoms with Crippen molar-refractivity contribution < 1.29 is 9.90 Å². The van der Waals surface area contributed by atoms with Gasteiger partial charge in [0.1, 0.15) is 0 Å². The summed E-state index contributed by atoms with van der Waals surface area (Å²) in [5.41, 5.74) is 6.22. The van der Waals surface area contributed by atoms with Crippen LogP contribution in [0.5, 0.6) is 0 Å². The highest BCUT2D eigenvalue weighted by Crippen LogP contribution is 2.22. The Kier molecular flexibility index (Phi) is 7.09. The molecule has 1 saturated heterocycles. The van der Waals surface area contributed by atoms with Crippen molar-refractivity contribution in [2.24, 2.45) is 0 Å². The summed E-state index contributed by atoms with van der Waals surface area (Å²) in [7, 11) is 0. The topological polar surface area (TPSA) is 61.6 Å². The van der Waals surface area contributed by atoms with Crippen LogP contribution in [0.4, 0.5) is 0 Å². The molecule has 0 radical (unpaired) electrons. The van der Waals surface area contributed by atoms with Crippen LogP contribution in [0.1, 0.15) is 47.8 Å². The van der Waals surface area contributed by atoms with Crippen molar-refractivity contribution in [2.45, 2.75) is 59.7 Å². The molecule has 1 N–H and O–H groups in total. The van der Waals surface area contributed by atoms with Gasteiger partial charge in [-0.15, -0.1) is 0 Å². The molecule has 0 saturated carbocycles. The van der Waals surface area contributed by atoms with Gasteiger partial charge in [0.25, 0.3) is 0 Å². The van der Waals surface area contributed by atoms with Crippen LogP contribution in [0.15, 0.2) is 24.3 Å². The zero-order chi connectivity index (χ0) is 21.0. The molecule has 0 atom stereocenters. The van der Waals surface area contributed by atoms with E-state index in [-0.39, 0.29) is 6.54 Å². The number of carboxylic acid groups (broad SMARTS) is 1. The number of carboxylic acids is 1. The monoisotopic (exact) mass is 398 g/mol. The lowest BCUT2D eigenvalue weighted by Crippen LogP contribution is -2.46. The molecule has 0 bridgehead atoms. The van der Waals surface area contributed by atoms with Crippen LogP contribution >= 0.6 is 0 Å². The van der Waals surface area contributed by atoms with E-state index < -0.39 is 5.97 Å². The molecule has 2 aromatic rings. The van der Waals surface area contributed by atoms with E-state index in [2.05, 4.69) is 59.5 Å². The van der Waals surface area contributed by atoms with Crippen molar-refractivity contribution in [3.8, 4) is 0 Å². The van der Waals surface area contributed by atoms with Crippen molar-refractivity contribution in [3.05, 3.63) is 52.3 Å². The second-order valence-corrected chi connectivity index (χ2v) is 8.26. The lowest BCUT2D eigenvalue weighted by atomic mass is 10.0. The molecule has 0 unspecified atom stereocenters. The van der Waals surface area contributed by atoms with Gasteiger partial charge in [0, 0.05) is 23.8 Å². The highest BCUT2D eigenvalue weighted by Gasteiger charge is 2.26. The van der Waals surface area contributed by atoms with Gasteiger partial charge in [-0.3, -0.25) is 19.3 Å². The molecule has 6 heteroatoms. The standard InChI is InChI=1S/C23H34N4O2/c1-5-26(16-23(28)29)21-10-12-25(13-11-21)15-22-18(3)24-27(19(22)4)14-20-8-6-17(2)7-9-20/h6-9,21H,5,10-16H2,1-4H3,(H,28,29). The lowest BCUT2D eigenvalue weighted by Gasteiger charge is -2.37. The number of hydrogen-bond donors (Lipinski definition) is 1. The van der Waals surface area contributed by atoms with Gasteiger partial charge in [-0.2, -0.15) is 5.10 Å². The number of likely N-dealkylation sites (N-methyl/N-ethyl adjacent to an activating group) is 1. The van der Waals surface area contributed by atoms with Crippen LogP contribution in [0, 0.1) is 20.8 Å². The minimum Gasteiger partial charge on any atom is -0.480 e. The third kappa shape index (κ3) is 5.46. The Labute approximate surface area is 174 Å². The summed E-state index contributed by atoms with van der Waals surface area (Å²) >= 11 is 0. The molecule has 6 nitrogen and oxygen atoms in total. The first-order valence-electron chi connectivity index (χ1n) is 10.6. The number of aryl methyl sites for hydroxylation is 2. The van der Waals surface area contributed by atoms with E-state index in [0.29, 0.717) is 6.04 Å². The van der Waals surface area contributed by atoms with E-state index in [9.17, 15) is 4.79 Å². The van der Waals surface area contributed by atoms with Crippen molar-refractivity contribution in [3.63, 3.8) is 0 Å². The van der Waals surface area contributed by atoms with Gasteiger partial charge in [0.05, 0.1) is 18.8 Å². The van der Waals surface area contributed by atoms with E-state index in [1.165, 1.54) is 22.4 Å². The van der Waals surface area contributed by atoms with Crippen molar-refractivity contribution in [1.29, 1.82) is 0 Å². The number of likely N-dealkylation sites (tertiary alicyclic amines) is 1. The molecular formula is C23H34N4O2. The SMILES string of the molecule is CCN(CC(=O)O)C1CCN(Cc2c(C)nn(Cc3ccc(C)cc3)c2C)CC1. The summed E-state index contributed by atoms with van der Waals surface area (Å²) in [6.07, 6.45) is 2.05. The maximum atomic E-state index is 11.1. The molecule has 0 amide bonds. The molecule has 1 fully saturated rings. The fourth-order valence-corrected chi connectivity index (χ4v) is 4.32. The Bertz CT molecular complexity index is 820. The van der Waals surface area contributed by atoms with Crippen LogP contribution in [-0.2, 0) is 17.9 Å². The zero-order valence-electron chi connectivity index (χ0n) is 18.2. The Morgan fingerprint density at radius 3 is 2.38 bits per heavy atom. The molecular weight excluding hydrogens is 364 g/mol. The van der Waals surface area contributed by atoms with Gasteiger partial charge in [0.2, 0.25) is 0 Å². The molecule has 2 heterocycles. The molecule has 1 aliphatic heterocycles. The van der Waals surface area contributed by atoms with Crippen LogP contribution < -0.4 is 0 Å². The third-order valence-electron chi connectivity index (χ3n) is 6.18. The summed E-state index contributed by atoms with van der Waals surface area (Å²) in [4.78, 5) is 15.7. The minimum atomic E-state index is -0.735. The minimum absolute atomic E-state index is 0.144. The number of hydrogen-bond acceptors (Lipinski definition) is 4. The van der Waals surface area contributed by atoms with E-state index in [1.807, 2.05) is 6.92 Å². The first kappa shape index (κ1) is 21.5. The van der Waals surface area contributed by atoms with Crippen LogP contribution in [0.3, 0.4) is 0 Å². The Morgan fingerprint density at radius 2 is 1.79 bits per heavy atom. The Hall–Kier alpha value is -2.18. The highest BCUT2D eigenvalue weighted by molar-refractivity contribution is 5.69. The van der Waals surface area contributed by atoms with Gasteiger partial charge in [-0.05, 0) is 58.8 Å². The fraction of sp³-hybridized carbons (Fsp3) is 0.565. The Morgan fingerprint density at radius 1 is 1.14 bits per heavy atom. The van der Waals surface area contributed by atoms with Gasteiger partial charge < -0.3 is 5.11 Å². The third-order valence-corrected chi connectivity index (χ3v) is 6.18. The maximum absolute atomic E-state index is 11.1. The van der Waals surface area contributed by atoms with Crippen molar-refractivity contribution in [2.75, 3.05) is 26.2 Å². The number of carbonyl (C=O) groups is 1.